The Morgan fingerprint density at radius 3 is 2.41 bits per heavy atom. The minimum absolute atomic E-state index is 0.0295. The highest BCUT2D eigenvalue weighted by Crippen LogP contribution is 2.37. The minimum atomic E-state index is -4.65. The highest BCUT2D eigenvalue weighted by atomic mass is 19.4. The number of ether oxygens (including phenoxy) is 1. The van der Waals surface area contributed by atoms with Gasteiger partial charge in [0.05, 0.1) is 18.1 Å². The number of amides is 1. The Morgan fingerprint density at radius 1 is 1.07 bits per heavy atom. The fourth-order valence-electron chi connectivity index (χ4n) is 5.28. The molecule has 13 heteroatoms. The lowest BCUT2D eigenvalue weighted by atomic mass is 9.90. The normalized spacial score (nSPS) is 17.4. The van der Waals surface area contributed by atoms with E-state index in [0.717, 1.165) is 4.52 Å². The lowest BCUT2D eigenvalue weighted by Gasteiger charge is -2.45. The monoisotopic (exact) mass is 606 g/mol. The van der Waals surface area contributed by atoms with E-state index >= 15 is 0 Å². The molecule has 4 heterocycles. The van der Waals surface area contributed by atoms with Crippen LogP contribution in [0.3, 0.4) is 0 Å². The molecular weight excluding hydrogens is 580 g/mol. The molecule has 0 unspecified atom stereocenters. The molecule has 0 radical (unpaired) electrons. The van der Waals surface area contributed by atoms with Gasteiger partial charge < -0.3 is 14.6 Å². The number of nitrogens with zero attached hydrogens (tertiary/aromatic N) is 5. The van der Waals surface area contributed by atoms with Crippen molar-refractivity contribution in [2.75, 3.05) is 13.2 Å². The average Bonchev–Trinajstić information content (AvgIpc) is 3.39. The van der Waals surface area contributed by atoms with Crippen molar-refractivity contribution in [3.05, 3.63) is 100 Å². The lowest BCUT2D eigenvalue weighted by Crippen LogP contribution is -2.58. The molecule has 9 nitrogen and oxygen atoms in total. The van der Waals surface area contributed by atoms with Crippen LogP contribution in [0, 0.1) is 12.8 Å². The molecule has 3 aromatic heterocycles. The number of aromatic amines is 1. The number of carbonyl (C=O) groups excluding carboxylic acids is 1. The van der Waals surface area contributed by atoms with Gasteiger partial charge in [-0.2, -0.15) is 22.8 Å². The van der Waals surface area contributed by atoms with E-state index in [2.05, 4.69) is 20.1 Å². The second kappa shape index (κ2) is 11.2. The summed E-state index contributed by atoms with van der Waals surface area (Å²) in [5.74, 6) is -0.775. The zero-order chi connectivity index (χ0) is 31.2. The fourth-order valence-corrected chi connectivity index (χ4v) is 5.28. The summed E-state index contributed by atoms with van der Waals surface area (Å²) >= 11 is 0. The number of rotatable bonds is 7. The molecule has 1 amide bonds. The van der Waals surface area contributed by atoms with Crippen LogP contribution in [0.2, 0.25) is 0 Å². The summed E-state index contributed by atoms with van der Waals surface area (Å²) in [6.45, 7) is 3.10. The molecule has 1 fully saturated rings. The fraction of sp³-hybridized carbons (Fsp3) is 0.258. The van der Waals surface area contributed by atoms with Crippen molar-refractivity contribution in [2.24, 2.45) is 5.92 Å². The number of fused-ring (bicyclic) bond motifs is 1. The van der Waals surface area contributed by atoms with E-state index in [-0.39, 0.29) is 46.7 Å². The Balaban J connectivity index is 1.40. The van der Waals surface area contributed by atoms with Gasteiger partial charge in [0.15, 0.2) is 5.65 Å². The Labute approximate surface area is 248 Å². The predicted octanol–water partition coefficient (Wildman–Crippen LogP) is 5.57. The second-order valence-corrected chi connectivity index (χ2v) is 10.6. The molecule has 1 aliphatic rings. The first-order chi connectivity index (χ1) is 21.1. The Bertz CT molecular complexity index is 1890. The maximum Gasteiger partial charge on any atom is 0.429 e. The molecule has 3 atom stereocenters. The topological polar surface area (TPSA) is 105 Å². The zero-order valence-corrected chi connectivity index (χ0v) is 23.5. The lowest BCUT2D eigenvalue weighted by molar-refractivity contribution is -0.198. The summed E-state index contributed by atoms with van der Waals surface area (Å²) in [6.07, 6.45) is -3.88. The molecule has 6 rings (SSSR count). The minimum Gasteiger partial charge on any atom is -0.476 e. The summed E-state index contributed by atoms with van der Waals surface area (Å²) in [5.41, 5.74) is 1.25. The van der Waals surface area contributed by atoms with Gasteiger partial charge in [-0.15, -0.1) is 0 Å². The van der Waals surface area contributed by atoms with Crippen LogP contribution >= 0.6 is 0 Å². The first-order valence-electron chi connectivity index (χ1n) is 13.8. The molecule has 1 aliphatic heterocycles. The molecule has 1 N–H and O–H groups in total. The number of benzene rings is 2. The first-order valence-corrected chi connectivity index (χ1v) is 13.8. The van der Waals surface area contributed by atoms with Crippen LogP contribution in [0.15, 0.2) is 77.9 Å². The van der Waals surface area contributed by atoms with Crippen molar-refractivity contribution in [2.45, 2.75) is 32.2 Å². The van der Waals surface area contributed by atoms with Gasteiger partial charge in [-0.1, -0.05) is 30.3 Å². The van der Waals surface area contributed by atoms with Crippen LogP contribution in [-0.2, 0) is 0 Å². The highest BCUT2D eigenvalue weighted by Gasteiger charge is 2.43. The van der Waals surface area contributed by atoms with Crippen molar-refractivity contribution in [3.63, 3.8) is 0 Å². The van der Waals surface area contributed by atoms with E-state index in [1.54, 1.807) is 19.9 Å². The number of alkyl halides is 4. The molecule has 0 saturated carbocycles. The van der Waals surface area contributed by atoms with Crippen molar-refractivity contribution >= 4 is 11.6 Å². The molecule has 226 valence electrons. The van der Waals surface area contributed by atoms with Gasteiger partial charge in [0.1, 0.15) is 22.7 Å². The van der Waals surface area contributed by atoms with Gasteiger partial charge in [-0.25, -0.2) is 0 Å². The summed E-state index contributed by atoms with van der Waals surface area (Å²) in [5, 5.41) is 4.43. The summed E-state index contributed by atoms with van der Waals surface area (Å²) < 4.78 is 61.2. The third kappa shape index (κ3) is 5.18. The largest absolute Gasteiger partial charge is 0.476 e. The van der Waals surface area contributed by atoms with Crippen LogP contribution in [0.5, 0.6) is 5.75 Å². The standard InChI is InChI=1S/C31H26F4N6O3/c1-17-26(37-13-12-36-17)27-25(30(43)40-16-21(15-32)18(40)2)29-38-23(14-24(42)41(29)39-27)19-8-10-22(11-9-19)44-28(31(33,34)35)20-6-4-3-5-7-20/h3-14,18,21,28,38H,15-16H2,1-2H3/t18-,21-,28+/m0/s1. The Morgan fingerprint density at radius 2 is 1.77 bits per heavy atom. The maximum atomic E-state index is 13.9. The van der Waals surface area contributed by atoms with Crippen molar-refractivity contribution < 1.29 is 27.1 Å². The van der Waals surface area contributed by atoms with Gasteiger partial charge in [0, 0.05) is 42.5 Å². The summed E-state index contributed by atoms with van der Waals surface area (Å²) in [6, 6.07) is 14.0. The molecule has 44 heavy (non-hydrogen) atoms. The van der Waals surface area contributed by atoms with E-state index in [0.29, 0.717) is 22.6 Å². The Hall–Kier alpha value is -5.07. The van der Waals surface area contributed by atoms with E-state index in [1.807, 2.05) is 0 Å². The quantitative estimate of drug-likeness (QED) is 0.243. The maximum absolute atomic E-state index is 13.9. The molecule has 2 aromatic carbocycles. The molecule has 0 spiro atoms. The predicted molar refractivity (Wildman–Crippen MR) is 153 cm³/mol. The molecule has 5 aromatic rings. The van der Waals surface area contributed by atoms with Gasteiger partial charge in [-0.3, -0.25) is 23.9 Å². The molecular formula is C31H26F4N6O3. The van der Waals surface area contributed by atoms with Gasteiger partial charge >= 0.3 is 6.18 Å². The summed E-state index contributed by atoms with van der Waals surface area (Å²) in [4.78, 5) is 40.3. The van der Waals surface area contributed by atoms with Gasteiger partial charge in [0.2, 0.25) is 6.10 Å². The first kappa shape index (κ1) is 29.0. The van der Waals surface area contributed by atoms with Crippen LogP contribution in [0.4, 0.5) is 17.6 Å². The van der Waals surface area contributed by atoms with Crippen LogP contribution < -0.4 is 10.3 Å². The number of likely N-dealkylation sites (tertiary alicyclic amines) is 1. The van der Waals surface area contributed by atoms with Gasteiger partial charge in [-0.05, 0) is 43.7 Å². The van der Waals surface area contributed by atoms with Crippen LogP contribution in [-0.4, -0.2) is 60.8 Å². The average molecular weight is 607 g/mol. The molecule has 0 aliphatic carbocycles. The summed E-state index contributed by atoms with van der Waals surface area (Å²) in [7, 11) is 0. The number of H-pyrrole nitrogens is 1. The van der Waals surface area contributed by atoms with E-state index in [1.165, 1.54) is 71.9 Å². The number of carbonyl (C=O) groups is 1. The van der Waals surface area contributed by atoms with Gasteiger partial charge in [0.25, 0.3) is 11.5 Å². The van der Waals surface area contributed by atoms with E-state index in [9.17, 15) is 27.2 Å². The van der Waals surface area contributed by atoms with Crippen LogP contribution in [0.1, 0.15) is 34.6 Å². The SMILES string of the molecule is Cc1nccnc1-c1nn2c(=O)cc(-c3ccc(O[C@H](c4ccccc4)C(F)(F)F)cc3)[nH]c2c1C(=O)N1C[C@H](CF)[C@@H]1C. The third-order valence-electron chi connectivity index (χ3n) is 7.82. The number of hydrogen-bond acceptors (Lipinski definition) is 6. The van der Waals surface area contributed by atoms with E-state index < -0.39 is 30.4 Å². The highest BCUT2D eigenvalue weighted by molar-refractivity contribution is 6.06. The molecule has 0 bridgehead atoms. The number of aryl methyl sites for hydroxylation is 1. The van der Waals surface area contributed by atoms with Crippen molar-refractivity contribution in [3.8, 4) is 28.4 Å². The molecule has 1 saturated heterocycles. The number of hydrogen-bond donors (Lipinski definition) is 1. The number of nitrogens with one attached hydrogen (secondary N) is 1. The van der Waals surface area contributed by atoms with Crippen LogP contribution in [0.25, 0.3) is 28.3 Å². The van der Waals surface area contributed by atoms with E-state index in [4.69, 9.17) is 4.74 Å². The zero-order valence-electron chi connectivity index (χ0n) is 23.5. The number of halogens is 4. The smallest absolute Gasteiger partial charge is 0.429 e. The Kier molecular flexibility index (Phi) is 7.39. The van der Waals surface area contributed by atoms with Crippen molar-refractivity contribution in [1.29, 1.82) is 0 Å². The van der Waals surface area contributed by atoms with Crippen molar-refractivity contribution in [1.82, 2.24) is 29.5 Å². The second-order valence-electron chi connectivity index (χ2n) is 10.6. The third-order valence-corrected chi connectivity index (χ3v) is 7.82. The number of aromatic nitrogens is 5.